The van der Waals surface area contributed by atoms with E-state index in [9.17, 15) is 4.79 Å². The van der Waals surface area contributed by atoms with E-state index in [-0.39, 0.29) is 5.91 Å². The van der Waals surface area contributed by atoms with Crippen LogP contribution in [0.25, 0.3) is 0 Å². The van der Waals surface area contributed by atoms with Crippen molar-refractivity contribution in [1.29, 1.82) is 0 Å². The number of nitrogens with zero attached hydrogens (tertiary/aromatic N) is 1. The van der Waals surface area contributed by atoms with E-state index >= 15 is 0 Å². The monoisotopic (exact) mass is 272 g/mol. The summed E-state index contributed by atoms with van der Waals surface area (Å²) in [5.41, 5.74) is 2.17. The van der Waals surface area contributed by atoms with Crippen LogP contribution in [0.4, 0.5) is 0 Å². The SMILES string of the molecule is CNCC(=O)N1CCc2cc(Cl)cc(Cl)c2C1. The van der Waals surface area contributed by atoms with Gasteiger partial charge in [-0.05, 0) is 36.7 Å². The third kappa shape index (κ3) is 2.73. The summed E-state index contributed by atoms with van der Waals surface area (Å²) in [4.78, 5) is 13.6. The lowest BCUT2D eigenvalue weighted by Crippen LogP contribution is -2.40. The third-order valence-corrected chi connectivity index (χ3v) is 3.49. The van der Waals surface area contributed by atoms with E-state index in [1.165, 1.54) is 0 Å². The lowest BCUT2D eigenvalue weighted by atomic mass is 9.99. The molecule has 0 atom stereocenters. The Hall–Kier alpha value is -0.770. The second kappa shape index (κ2) is 5.25. The molecular weight excluding hydrogens is 259 g/mol. The van der Waals surface area contributed by atoms with Gasteiger partial charge in [-0.25, -0.2) is 0 Å². The average molecular weight is 273 g/mol. The quantitative estimate of drug-likeness (QED) is 0.895. The molecule has 1 heterocycles. The van der Waals surface area contributed by atoms with E-state index in [1.807, 2.05) is 11.0 Å². The number of hydrogen-bond donors (Lipinski definition) is 1. The molecule has 1 N–H and O–H groups in total. The summed E-state index contributed by atoms with van der Waals surface area (Å²) in [5, 5.41) is 4.17. The first kappa shape index (κ1) is 12.7. The van der Waals surface area contributed by atoms with Gasteiger partial charge in [0.05, 0.1) is 6.54 Å². The molecule has 5 heteroatoms. The van der Waals surface area contributed by atoms with Crippen LogP contribution in [0.3, 0.4) is 0 Å². The van der Waals surface area contributed by atoms with Crippen LogP contribution >= 0.6 is 23.2 Å². The fourth-order valence-electron chi connectivity index (χ4n) is 2.06. The van der Waals surface area contributed by atoms with Gasteiger partial charge in [0.15, 0.2) is 0 Å². The summed E-state index contributed by atoms with van der Waals surface area (Å²) in [6, 6.07) is 3.66. The Kier molecular flexibility index (Phi) is 3.92. The molecule has 2 rings (SSSR count). The van der Waals surface area contributed by atoms with E-state index in [4.69, 9.17) is 23.2 Å². The van der Waals surface area contributed by atoms with Crippen LogP contribution < -0.4 is 5.32 Å². The van der Waals surface area contributed by atoms with E-state index in [2.05, 4.69) is 5.32 Å². The van der Waals surface area contributed by atoms with Crippen LogP contribution in [-0.2, 0) is 17.8 Å². The van der Waals surface area contributed by atoms with Crippen LogP contribution in [-0.4, -0.2) is 30.9 Å². The number of carbonyl (C=O) groups is 1. The van der Waals surface area contributed by atoms with Gasteiger partial charge < -0.3 is 10.2 Å². The highest BCUT2D eigenvalue weighted by atomic mass is 35.5. The summed E-state index contributed by atoms with van der Waals surface area (Å²) in [6.45, 7) is 1.66. The highest BCUT2D eigenvalue weighted by Gasteiger charge is 2.22. The number of halogens is 2. The summed E-state index contributed by atoms with van der Waals surface area (Å²) in [6.07, 6.45) is 0.811. The minimum absolute atomic E-state index is 0.101. The number of benzene rings is 1. The van der Waals surface area contributed by atoms with Crippen molar-refractivity contribution in [2.45, 2.75) is 13.0 Å². The van der Waals surface area contributed by atoms with Gasteiger partial charge in [-0.1, -0.05) is 23.2 Å². The summed E-state index contributed by atoms with van der Waals surface area (Å²) < 4.78 is 0. The zero-order chi connectivity index (χ0) is 12.4. The minimum Gasteiger partial charge on any atom is -0.337 e. The number of likely N-dealkylation sites (N-methyl/N-ethyl adjacent to an activating group) is 1. The molecule has 0 saturated carbocycles. The number of nitrogens with one attached hydrogen (secondary N) is 1. The molecule has 92 valence electrons. The normalized spacial score (nSPS) is 14.6. The van der Waals surface area contributed by atoms with Crippen LogP contribution in [0.15, 0.2) is 12.1 Å². The lowest BCUT2D eigenvalue weighted by Gasteiger charge is -2.29. The van der Waals surface area contributed by atoms with Gasteiger partial charge in [-0.15, -0.1) is 0 Å². The van der Waals surface area contributed by atoms with E-state index < -0.39 is 0 Å². The number of carbonyl (C=O) groups excluding carboxylic acids is 1. The largest absolute Gasteiger partial charge is 0.337 e. The van der Waals surface area contributed by atoms with Crippen molar-refractivity contribution in [2.24, 2.45) is 0 Å². The van der Waals surface area contributed by atoms with Crippen LogP contribution in [0, 0.1) is 0 Å². The smallest absolute Gasteiger partial charge is 0.236 e. The Bertz CT molecular complexity index is 448. The van der Waals surface area contributed by atoms with Gasteiger partial charge in [0.1, 0.15) is 0 Å². The molecule has 3 nitrogen and oxygen atoms in total. The van der Waals surface area contributed by atoms with Gasteiger partial charge in [-0.2, -0.15) is 0 Å². The van der Waals surface area contributed by atoms with E-state index in [0.717, 1.165) is 24.1 Å². The first-order valence-corrected chi connectivity index (χ1v) is 6.26. The Morgan fingerprint density at radius 1 is 1.47 bits per heavy atom. The zero-order valence-electron chi connectivity index (χ0n) is 9.59. The number of rotatable bonds is 2. The molecule has 0 saturated heterocycles. The zero-order valence-corrected chi connectivity index (χ0v) is 11.1. The molecule has 1 aliphatic heterocycles. The highest BCUT2D eigenvalue weighted by molar-refractivity contribution is 6.35. The first-order chi connectivity index (χ1) is 8.11. The number of hydrogen-bond acceptors (Lipinski definition) is 2. The lowest BCUT2D eigenvalue weighted by molar-refractivity contribution is -0.131. The summed E-state index contributed by atoms with van der Waals surface area (Å²) in [7, 11) is 1.77. The van der Waals surface area contributed by atoms with Gasteiger partial charge in [0.25, 0.3) is 0 Å². The average Bonchev–Trinajstić information content (AvgIpc) is 2.28. The van der Waals surface area contributed by atoms with Crippen molar-refractivity contribution < 1.29 is 4.79 Å². The van der Waals surface area contributed by atoms with Crippen LogP contribution in [0.5, 0.6) is 0 Å². The van der Waals surface area contributed by atoms with Crippen LogP contribution in [0.2, 0.25) is 10.0 Å². The van der Waals surface area contributed by atoms with Crippen LogP contribution in [0.1, 0.15) is 11.1 Å². The van der Waals surface area contributed by atoms with Gasteiger partial charge in [-0.3, -0.25) is 4.79 Å². The first-order valence-electron chi connectivity index (χ1n) is 5.51. The molecule has 0 fully saturated rings. The molecule has 1 aliphatic rings. The topological polar surface area (TPSA) is 32.3 Å². The van der Waals surface area contributed by atoms with Crippen molar-refractivity contribution in [3.63, 3.8) is 0 Å². The Balaban J connectivity index is 2.21. The second-order valence-electron chi connectivity index (χ2n) is 4.12. The molecule has 1 aromatic carbocycles. The maximum Gasteiger partial charge on any atom is 0.236 e. The molecule has 0 bridgehead atoms. The molecule has 1 aromatic rings. The molecule has 0 aliphatic carbocycles. The van der Waals surface area contributed by atoms with Crippen molar-refractivity contribution in [2.75, 3.05) is 20.1 Å². The van der Waals surface area contributed by atoms with E-state index in [1.54, 1.807) is 13.1 Å². The Morgan fingerprint density at radius 3 is 2.94 bits per heavy atom. The van der Waals surface area contributed by atoms with E-state index in [0.29, 0.717) is 23.1 Å². The molecule has 0 spiro atoms. The highest BCUT2D eigenvalue weighted by Crippen LogP contribution is 2.29. The van der Waals surface area contributed by atoms with Gasteiger partial charge >= 0.3 is 0 Å². The Morgan fingerprint density at radius 2 is 2.24 bits per heavy atom. The molecule has 17 heavy (non-hydrogen) atoms. The predicted octanol–water partition coefficient (Wildman–Crippen LogP) is 2.10. The molecular formula is C12H14Cl2N2O. The Labute approximate surface area is 111 Å². The molecule has 0 aromatic heterocycles. The van der Waals surface area contributed by atoms with Crippen molar-refractivity contribution >= 4 is 29.1 Å². The van der Waals surface area contributed by atoms with Gasteiger partial charge in [0.2, 0.25) is 5.91 Å². The van der Waals surface area contributed by atoms with Crippen molar-refractivity contribution in [3.05, 3.63) is 33.3 Å². The maximum absolute atomic E-state index is 11.8. The fourth-order valence-corrected chi connectivity index (χ4v) is 2.65. The van der Waals surface area contributed by atoms with Crippen molar-refractivity contribution in [1.82, 2.24) is 10.2 Å². The standard InChI is InChI=1S/C12H14Cl2N2O/c1-15-6-12(17)16-3-2-8-4-9(13)5-11(14)10(8)7-16/h4-5,15H,2-3,6-7H2,1H3. The summed E-state index contributed by atoms with van der Waals surface area (Å²) >= 11 is 12.1. The molecule has 0 radical (unpaired) electrons. The molecule has 0 unspecified atom stereocenters. The predicted molar refractivity (Wildman–Crippen MR) is 69.5 cm³/mol. The summed E-state index contributed by atoms with van der Waals surface area (Å²) in [5.74, 6) is 0.101. The maximum atomic E-state index is 11.8. The van der Waals surface area contributed by atoms with Crippen molar-refractivity contribution in [3.8, 4) is 0 Å². The second-order valence-corrected chi connectivity index (χ2v) is 4.96. The minimum atomic E-state index is 0.101. The number of amides is 1. The van der Waals surface area contributed by atoms with Gasteiger partial charge in [0, 0.05) is 23.1 Å². The number of fused-ring (bicyclic) bond motifs is 1. The fraction of sp³-hybridized carbons (Fsp3) is 0.417. The molecule has 1 amide bonds. The third-order valence-electron chi connectivity index (χ3n) is 2.93.